The van der Waals surface area contributed by atoms with Crippen LogP contribution in [0.25, 0.3) is 0 Å². The van der Waals surface area contributed by atoms with E-state index < -0.39 is 0 Å². The molecule has 0 aromatic heterocycles. The molecule has 0 spiro atoms. The highest BCUT2D eigenvalue weighted by molar-refractivity contribution is 5.90. The molecule has 134 valence electrons. The summed E-state index contributed by atoms with van der Waals surface area (Å²) >= 11 is 0. The van der Waals surface area contributed by atoms with Crippen LogP contribution in [0.4, 0.5) is 5.69 Å². The van der Waals surface area contributed by atoms with Gasteiger partial charge in [0, 0.05) is 37.8 Å². The van der Waals surface area contributed by atoms with Crippen LogP contribution >= 0.6 is 0 Å². The van der Waals surface area contributed by atoms with Gasteiger partial charge in [-0.05, 0) is 57.5 Å². The lowest BCUT2D eigenvalue weighted by molar-refractivity contribution is -0.116. The Kier molecular flexibility index (Phi) is 7.73. The summed E-state index contributed by atoms with van der Waals surface area (Å²) in [5.41, 5.74) is 2.18. The van der Waals surface area contributed by atoms with Crippen LogP contribution in [-0.2, 0) is 11.2 Å². The summed E-state index contributed by atoms with van der Waals surface area (Å²) in [6.07, 6.45) is 5.58. The average molecular weight is 332 g/mol. The highest BCUT2D eigenvalue weighted by atomic mass is 16.1. The highest BCUT2D eigenvalue weighted by Gasteiger charge is 2.18. The Bertz CT molecular complexity index is 500. The summed E-state index contributed by atoms with van der Waals surface area (Å²) in [7, 11) is 2.11. The number of nitrogens with zero attached hydrogens (tertiary/aromatic N) is 2. The number of carbonyl (C=O) groups is 1. The lowest BCUT2D eigenvalue weighted by atomic mass is 10.0. The largest absolute Gasteiger partial charge is 0.326 e. The van der Waals surface area contributed by atoms with E-state index >= 15 is 0 Å². The Morgan fingerprint density at radius 1 is 1.25 bits per heavy atom. The normalized spacial score (nSPS) is 18.8. The van der Waals surface area contributed by atoms with Gasteiger partial charge in [0.2, 0.25) is 5.91 Å². The zero-order valence-corrected chi connectivity index (χ0v) is 15.6. The third kappa shape index (κ3) is 6.25. The lowest BCUT2D eigenvalue weighted by Crippen LogP contribution is -2.42. The molecule has 1 atom stereocenters. The van der Waals surface area contributed by atoms with Crippen LogP contribution in [0.3, 0.4) is 0 Å². The number of amides is 1. The predicted octanol–water partition coefficient (Wildman–Crippen LogP) is 3.38. The number of hydrogen-bond donors (Lipinski definition) is 1. The topological polar surface area (TPSA) is 35.6 Å². The predicted molar refractivity (Wildman–Crippen MR) is 101 cm³/mol. The molecule has 1 aliphatic heterocycles. The number of anilines is 1. The molecular weight excluding hydrogens is 298 g/mol. The van der Waals surface area contributed by atoms with Crippen molar-refractivity contribution in [1.82, 2.24) is 9.80 Å². The van der Waals surface area contributed by atoms with Crippen molar-refractivity contribution in [1.29, 1.82) is 0 Å². The quantitative estimate of drug-likeness (QED) is 0.793. The molecule has 2 rings (SSSR count). The molecule has 0 aliphatic carbocycles. The smallest absolute Gasteiger partial charge is 0.225 e. The van der Waals surface area contributed by atoms with Gasteiger partial charge in [0.15, 0.2) is 0 Å². The maximum absolute atomic E-state index is 12.1. The van der Waals surface area contributed by atoms with E-state index in [-0.39, 0.29) is 5.91 Å². The lowest BCUT2D eigenvalue weighted by Gasteiger charge is -2.34. The van der Waals surface area contributed by atoms with Gasteiger partial charge in [-0.15, -0.1) is 0 Å². The number of likely N-dealkylation sites (N-methyl/N-ethyl adjacent to an activating group) is 1. The molecule has 1 fully saturated rings. The van der Waals surface area contributed by atoms with Gasteiger partial charge in [0.25, 0.3) is 0 Å². The fourth-order valence-electron chi connectivity index (χ4n) is 3.24. The van der Waals surface area contributed by atoms with Gasteiger partial charge >= 0.3 is 0 Å². The number of aryl methyl sites for hydroxylation is 1. The van der Waals surface area contributed by atoms with Crippen molar-refractivity contribution >= 4 is 11.6 Å². The minimum absolute atomic E-state index is 0.0949. The number of benzene rings is 1. The zero-order valence-electron chi connectivity index (χ0n) is 15.6. The molecule has 1 amide bonds. The molecule has 1 heterocycles. The van der Waals surface area contributed by atoms with Gasteiger partial charge in [-0.1, -0.05) is 25.5 Å². The molecule has 1 aliphatic rings. The van der Waals surface area contributed by atoms with E-state index in [1.165, 1.54) is 31.4 Å². The van der Waals surface area contributed by atoms with Crippen molar-refractivity contribution in [2.24, 2.45) is 0 Å². The van der Waals surface area contributed by atoms with Crippen LogP contribution in [0.1, 0.15) is 45.1 Å². The first-order valence-electron chi connectivity index (χ1n) is 9.40. The Morgan fingerprint density at radius 2 is 2.00 bits per heavy atom. The number of carbonyl (C=O) groups excluding carboxylic acids is 1. The zero-order chi connectivity index (χ0) is 17.4. The van der Waals surface area contributed by atoms with Gasteiger partial charge in [-0.25, -0.2) is 0 Å². The third-order valence-electron chi connectivity index (χ3n) is 5.08. The fourth-order valence-corrected chi connectivity index (χ4v) is 3.24. The van der Waals surface area contributed by atoms with E-state index in [1.807, 2.05) is 12.1 Å². The van der Waals surface area contributed by atoms with E-state index in [0.717, 1.165) is 31.7 Å². The van der Waals surface area contributed by atoms with Gasteiger partial charge in [0.1, 0.15) is 0 Å². The highest BCUT2D eigenvalue weighted by Crippen LogP contribution is 2.15. The van der Waals surface area contributed by atoms with Crippen LogP contribution in [0.5, 0.6) is 0 Å². The SMILES string of the molecule is CCc1ccc(NC(=O)CCN(C)CCN2CCCC[C@@H]2C)cc1. The summed E-state index contributed by atoms with van der Waals surface area (Å²) in [6.45, 7) is 8.63. The summed E-state index contributed by atoms with van der Waals surface area (Å²) in [5, 5.41) is 2.99. The van der Waals surface area contributed by atoms with Crippen molar-refractivity contribution in [2.75, 3.05) is 38.5 Å². The molecule has 1 aromatic rings. The fraction of sp³-hybridized carbons (Fsp3) is 0.650. The van der Waals surface area contributed by atoms with Gasteiger partial charge in [-0.2, -0.15) is 0 Å². The summed E-state index contributed by atoms with van der Waals surface area (Å²) < 4.78 is 0. The van der Waals surface area contributed by atoms with Crippen LogP contribution in [0.15, 0.2) is 24.3 Å². The van der Waals surface area contributed by atoms with E-state index in [0.29, 0.717) is 12.5 Å². The maximum Gasteiger partial charge on any atom is 0.225 e. The molecule has 1 saturated heterocycles. The molecule has 4 nitrogen and oxygen atoms in total. The minimum Gasteiger partial charge on any atom is -0.326 e. The van der Waals surface area contributed by atoms with Crippen LogP contribution in [0.2, 0.25) is 0 Å². The first-order valence-corrected chi connectivity index (χ1v) is 9.40. The average Bonchev–Trinajstić information content (AvgIpc) is 2.60. The Labute approximate surface area is 147 Å². The Morgan fingerprint density at radius 3 is 2.67 bits per heavy atom. The molecular formula is C20H33N3O. The van der Waals surface area contributed by atoms with Crippen molar-refractivity contribution in [3.05, 3.63) is 29.8 Å². The maximum atomic E-state index is 12.1. The third-order valence-corrected chi connectivity index (χ3v) is 5.08. The molecule has 0 bridgehead atoms. The number of rotatable bonds is 8. The van der Waals surface area contributed by atoms with E-state index in [1.54, 1.807) is 0 Å². The van der Waals surface area contributed by atoms with Gasteiger partial charge in [0.05, 0.1) is 0 Å². The van der Waals surface area contributed by atoms with Gasteiger partial charge < -0.3 is 10.2 Å². The first-order chi connectivity index (χ1) is 11.6. The molecule has 1 N–H and O–H groups in total. The second kappa shape index (κ2) is 9.80. The molecule has 0 unspecified atom stereocenters. The van der Waals surface area contributed by atoms with Crippen LogP contribution in [0, 0.1) is 0 Å². The standard InChI is InChI=1S/C20H33N3O/c1-4-18-8-10-19(11-9-18)21-20(24)12-14-22(3)15-16-23-13-6-5-7-17(23)2/h8-11,17H,4-7,12-16H2,1-3H3,(H,21,24)/t17-/m0/s1. The second-order valence-corrected chi connectivity index (χ2v) is 7.03. The second-order valence-electron chi connectivity index (χ2n) is 7.03. The van der Waals surface area contributed by atoms with Crippen molar-refractivity contribution in [3.63, 3.8) is 0 Å². The van der Waals surface area contributed by atoms with Gasteiger partial charge in [-0.3, -0.25) is 9.69 Å². The summed E-state index contributed by atoms with van der Waals surface area (Å²) in [5.74, 6) is 0.0949. The number of piperidine rings is 1. The first kappa shape index (κ1) is 18.9. The molecule has 24 heavy (non-hydrogen) atoms. The molecule has 1 aromatic carbocycles. The molecule has 0 saturated carbocycles. The van der Waals surface area contributed by atoms with E-state index in [9.17, 15) is 4.79 Å². The summed E-state index contributed by atoms with van der Waals surface area (Å²) in [4.78, 5) is 16.9. The Hall–Kier alpha value is -1.39. The monoisotopic (exact) mass is 331 g/mol. The molecule has 4 heteroatoms. The van der Waals surface area contributed by atoms with Crippen molar-refractivity contribution < 1.29 is 4.79 Å². The van der Waals surface area contributed by atoms with Crippen molar-refractivity contribution in [2.45, 2.75) is 52.0 Å². The van der Waals surface area contributed by atoms with Crippen molar-refractivity contribution in [3.8, 4) is 0 Å². The van der Waals surface area contributed by atoms with Crippen LogP contribution in [-0.4, -0.2) is 55.0 Å². The van der Waals surface area contributed by atoms with E-state index in [4.69, 9.17) is 0 Å². The van der Waals surface area contributed by atoms with E-state index in [2.05, 4.69) is 48.1 Å². The number of likely N-dealkylation sites (tertiary alicyclic amines) is 1. The number of nitrogens with one attached hydrogen (secondary N) is 1. The molecule has 0 radical (unpaired) electrons. The Balaban J connectivity index is 1.65. The minimum atomic E-state index is 0.0949. The summed E-state index contributed by atoms with van der Waals surface area (Å²) in [6, 6.07) is 8.82. The number of hydrogen-bond acceptors (Lipinski definition) is 3. The van der Waals surface area contributed by atoms with Crippen LogP contribution < -0.4 is 5.32 Å².